The maximum atomic E-state index is 14.4. The highest BCUT2D eigenvalue weighted by Crippen LogP contribution is 2.28. The molecule has 1 amide bonds. The molecule has 31 heavy (non-hydrogen) atoms. The average molecular weight is 439 g/mol. The quantitative estimate of drug-likeness (QED) is 0.479. The van der Waals surface area contributed by atoms with Crippen molar-refractivity contribution in [2.75, 3.05) is 7.11 Å². The maximum Gasteiger partial charge on any atom is 0.267 e. The van der Waals surface area contributed by atoms with Crippen LogP contribution in [-0.2, 0) is 16.4 Å². The molecule has 2 heterocycles. The molecule has 2 aromatic heterocycles. The van der Waals surface area contributed by atoms with Gasteiger partial charge in [-0.2, -0.15) is 0 Å². The number of benzene rings is 2. The molecule has 0 saturated carbocycles. The Labute approximate surface area is 177 Å². The van der Waals surface area contributed by atoms with Crippen LogP contribution in [0, 0.1) is 5.82 Å². The van der Waals surface area contributed by atoms with Gasteiger partial charge in [-0.25, -0.2) is 12.8 Å². The summed E-state index contributed by atoms with van der Waals surface area (Å²) >= 11 is 0. The van der Waals surface area contributed by atoms with Crippen molar-refractivity contribution in [3.05, 3.63) is 84.1 Å². The first-order chi connectivity index (χ1) is 14.9. The number of aromatic nitrogens is 2. The fourth-order valence-electron chi connectivity index (χ4n) is 3.14. The molecule has 0 aliphatic rings. The third kappa shape index (κ3) is 3.99. The van der Waals surface area contributed by atoms with Crippen LogP contribution in [0.15, 0.2) is 76.8 Å². The van der Waals surface area contributed by atoms with Gasteiger partial charge in [-0.05, 0) is 42.0 Å². The normalized spacial score (nSPS) is 11.4. The van der Waals surface area contributed by atoms with Crippen LogP contribution in [0.4, 0.5) is 4.39 Å². The van der Waals surface area contributed by atoms with Gasteiger partial charge in [0.05, 0.1) is 12.0 Å². The van der Waals surface area contributed by atoms with Gasteiger partial charge in [0.15, 0.2) is 11.6 Å². The van der Waals surface area contributed by atoms with Crippen LogP contribution < -0.4 is 10.1 Å². The molecule has 0 aliphatic carbocycles. The van der Waals surface area contributed by atoms with Gasteiger partial charge in [0, 0.05) is 29.8 Å². The third-order valence-corrected chi connectivity index (χ3v) is 6.58. The molecule has 2 N–H and O–H groups in total. The monoisotopic (exact) mass is 439 g/mol. The predicted molar refractivity (Wildman–Crippen MR) is 112 cm³/mol. The van der Waals surface area contributed by atoms with Gasteiger partial charge in [-0.1, -0.05) is 18.2 Å². The standard InChI is InChI=1S/C22H18FN3O4S/c1-30-19-3-2-4-20(21(19)23)31(28,29)16-7-5-14(6-8-16)12-25-22(27)18-11-15-13-24-10-9-17(15)26-18/h2-11,13,26H,12H2,1H3,(H,25,27). The number of nitrogens with one attached hydrogen (secondary N) is 2. The van der Waals surface area contributed by atoms with Crippen molar-refractivity contribution in [1.82, 2.24) is 15.3 Å². The second-order valence-electron chi connectivity index (χ2n) is 6.75. The number of hydrogen-bond acceptors (Lipinski definition) is 5. The molecule has 2 aromatic carbocycles. The van der Waals surface area contributed by atoms with Crippen molar-refractivity contribution in [3.8, 4) is 5.75 Å². The largest absolute Gasteiger partial charge is 0.494 e. The minimum atomic E-state index is -4.06. The minimum absolute atomic E-state index is 0.0575. The summed E-state index contributed by atoms with van der Waals surface area (Å²) in [7, 11) is -2.79. The first-order valence-electron chi connectivity index (χ1n) is 9.27. The van der Waals surface area contributed by atoms with E-state index in [1.807, 2.05) is 0 Å². The predicted octanol–water partition coefficient (Wildman–Crippen LogP) is 3.47. The molecule has 0 bridgehead atoms. The highest BCUT2D eigenvalue weighted by atomic mass is 32.2. The van der Waals surface area contributed by atoms with Gasteiger partial charge >= 0.3 is 0 Å². The molecule has 4 aromatic rings. The minimum Gasteiger partial charge on any atom is -0.494 e. The average Bonchev–Trinajstić information content (AvgIpc) is 3.22. The molecule has 0 unspecified atom stereocenters. The Hall–Kier alpha value is -3.72. The summed E-state index contributed by atoms with van der Waals surface area (Å²) < 4.78 is 44.9. The molecule has 0 saturated heterocycles. The second kappa shape index (κ2) is 8.19. The Morgan fingerprint density at radius 1 is 1.16 bits per heavy atom. The molecule has 9 heteroatoms. The van der Waals surface area contributed by atoms with E-state index >= 15 is 0 Å². The molecule has 0 fully saturated rings. The van der Waals surface area contributed by atoms with Gasteiger partial charge in [-0.15, -0.1) is 0 Å². The number of aromatic amines is 1. The molecule has 0 atom stereocenters. The number of carbonyl (C=O) groups excluding carboxylic acids is 1. The zero-order chi connectivity index (χ0) is 22.0. The van der Waals surface area contributed by atoms with E-state index in [0.29, 0.717) is 11.3 Å². The Bertz CT molecular complexity index is 1330. The number of hydrogen-bond donors (Lipinski definition) is 2. The summed E-state index contributed by atoms with van der Waals surface area (Å²) in [4.78, 5) is 18.9. The molecule has 4 rings (SSSR count). The van der Waals surface area contributed by atoms with Gasteiger partial charge in [0.2, 0.25) is 9.84 Å². The number of halogens is 1. The lowest BCUT2D eigenvalue weighted by Gasteiger charge is -2.10. The van der Waals surface area contributed by atoms with Crippen molar-refractivity contribution in [1.29, 1.82) is 0 Å². The Morgan fingerprint density at radius 2 is 1.94 bits per heavy atom. The van der Waals surface area contributed by atoms with E-state index in [2.05, 4.69) is 15.3 Å². The fourth-order valence-corrected chi connectivity index (χ4v) is 4.48. The third-order valence-electron chi connectivity index (χ3n) is 4.79. The van der Waals surface area contributed by atoms with E-state index in [1.54, 1.807) is 36.7 Å². The molecule has 7 nitrogen and oxygen atoms in total. The van der Waals surface area contributed by atoms with E-state index in [4.69, 9.17) is 4.74 Å². The van der Waals surface area contributed by atoms with Gasteiger partial charge in [-0.3, -0.25) is 9.78 Å². The number of pyridine rings is 1. The topological polar surface area (TPSA) is 101 Å². The van der Waals surface area contributed by atoms with Gasteiger partial charge in [0.1, 0.15) is 10.6 Å². The lowest BCUT2D eigenvalue weighted by molar-refractivity contribution is 0.0946. The van der Waals surface area contributed by atoms with Gasteiger partial charge in [0.25, 0.3) is 5.91 Å². The van der Waals surface area contributed by atoms with Crippen LogP contribution in [0.25, 0.3) is 10.9 Å². The van der Waals surface area contributed by atoms with E-state index in [0.717, 1.165) is 10.9 Å². The fraction of sp³-hybridized carbons (Fsp3) is 0.0909. The summed E-state index contributed by atoms with van der Waals surface area (Å²) in [6.45, 7) is 0.195. The number of nitrogens with zero attached hydrogens (tertiary/aromatic N) is 1. The maximum absolute atomic E-state index is 14.4. The Balaban J connectivity index is 1.48. The molecule has 0 aliphatic heterocycles. The van der Waals surface area contributed by atoms with Crippen LogP contribution in [0.3, 0.4) is 0 Å². The first kappa shape index (κ1) is 20.5. The number of carbonyl (C=O) groups is 1. The molecule has 0 spiro atoms. The smallest absolute Gasteiger partial charge is 0.267 e. The highest BCUT2D eigenvalue weighted by molar-refractivity contribution is 7.91. The van der Waals surface area contributed by atoms with Crippen LogP contribution in [0.2, 0.25) is 0 Å². The summed E-state index contributed by atoms with van der Waals surface area (Å²) in [6, 6.07) is 13.3. The van der Waals surface area contributed by atoms with Crippen molar-refractivity contribution >= 4 is 26.6 Å². The van der Waals surface area contributed by atoms with Crippen LogP contribution in [-0.4, -0.2) is 31.4 Å². The summed E-state index contributed by atoms with van der Waals surface area (Å²) in [5, 5.41) is 3.60. The molecular weight excluding hydrogens is 421 g/mol. The lowest BCUT2D eigenvalue weighted by atomic mass is 10.2. The van der Waals surface area contributed by atoms with Crippen LogP contribution in [0.1, 0.15) is 16.1 Å². The van der Waals surface area contributed by atoms with Crippen molar-refractivity contribution < 1.29 is 22.3 Å². The van der Waals surface area contributed by atoms with Crippen LogP contribution in [0.5, 0.6) is 5.75 Å². The molecule has 0 radical (unpaired) electrons. The zero-order valence-corrected chi connectivity index (χ0v) is 17.2. The number of sulfone groups is 1. The van der Waals surface area contributed by atoms with E-state index in [1.165, 1.54) is 37.4 Å². The number of H-pyrrole nitrogens is 1. The second-order valence-corrected chi connectivity index (χ2v) is 8.67. The number of ether oxygens (including phenoxy) is 1. The highest BCUT2D eigenvalue weighted by Gasteiger charge is 2.24. The SMILES string of the molecule is COc1cccc(S(=O)(=O)c2ccc(CNC(=O)c3cc4cnccc4[nH]3)cc2)c1F. The van der Waals surface area contributed by atoms with Crippen molar-refractivity contribution in [2.24, 2.45) is 0 Å². The van der Waals surface area contributed by atoms with E-state index in [9.17, 15) is 17.6 Å². The first-order valence-corrected chi connectivity index (χ1v) is 10.8. The zero-order valence-electron chi connectivity index (χ0n) is 16.4. The summed E-state index contributed by atoms with van der Waals surface area (Å²) in [5.74, 6) is -1.38. The number of rotatable bonds is 6. The van der Waals surface area contributed by atoms with Crippen molar-refractivity contribution in [3.63, 3.8) is 0 Å². The van der Waals surface area contributed by atoms with Crippen molar-refractivity contribution in [2.45, 2.75) is 16.3 Å². The summed E-state index contributed by atoms with van der Waals surface area (Å²) in [6.07, 6.45) is 3.29. The van der Waals surface area contributed by atoms with E-state index in [-0.39, 0.29) is 23.1 Å². The molecule has 158 valence electrons. The van der Waals surface area contributed by atoms with Crippen LogP contribution >= 0.6 is 0 Å². The summed E-state index contributed by atoms with van der Waals surface area (Å²) in [5.41, 5.74) is 1.89. The van der Waals surface area contributed by atoms with Gasteiger partial charge < -0.3 is 15.0 Å². The van der Waals surface area contributed by atoms with E-state index < -0.39 is 20.5 Å². The number of amides is 1. The molecular formula is C22H18FN3O4S. The number of fused-ring (bicyclic) bond motifs is 1. The lowest BCUT2D eigenvalue weighted by Crippen LogP contribution is -2.23. The Kier molecular flexibility index (Phi) is 5.43. The Morgan fingerprint density at radius 3 is 2.65 bits per heavy atom. The number of methoxy groups -OCH3 is 1.